The van der Waals surface area contributed by atoms with Crippen LogP contribution in [0, 0.1) is 5.41 Å². The first-order valence-corrected chi connectivity index (χ1v) is 12.5. The number of amides is 2. The van der Waals surface area contributed by atoms with Gasteiger partial charge in [-0.25, -0.2) is 0 Å². The number of ether oxygens (including phenoxy) is 1. The van der Waals surface area contributed by atoms with E-state index in [1.165, 1.54) is 0 Å². The second-order valence-electron chi connectivity index (χ2n) is 10.1. The third-order valence-electron chi connectivity index (χ3n) is 7.48. The molecule has 4 rings (SSSR count). The van der Waals surface area contributed by atoms with Crippen LogP contribution < -0.4 is 4.74 Å². The number of para-hydroxylation sites is 1. The van der Waals surface area contributed by atoms with Crippen molar-refractivity contribution in [3.63, 3.8) is 0 Å². The number of benzene rings is 2. The molecule has 188 valence electrons. The molecule has 2 aliphatic rings. The number of aliphatic hydroxyl groups excluding tert-OH is 2. The highest BCUT2D eigenvalue weighted by Crippen LogP contribution is 2.38. The monoisotopic (exact) mass is 480 g/mol. The molecule has 0 aliphatic carbocycles. The lowest BCUT2D eigenvalue weighted by atomic mass is 9.72. The number of aliphatic hydroxyl groups is 2. The molecule has 0 radical (unpaired) electrons. The van der Waals surface area contributed by atoms with Gasteiger partial charge in [0.15, 0.2) is 6.61 Å². The van der Waals surface area contributed by atoms with Gasteiger partial charge in [0.25, 0.3) is 5.91 Å². The van der Waals surface area contributed by atoms with Crippen molar-refractivity contribution >= 4 is 11.8 Å². The first kappa shape index (κ1) is 25.2. The zero-order chi connectivity index (χ0) is 24.8. The van der Waals surface area contributed by atoms with E-state index in [1.807, 2.05) is 53.4 Å². The highest BCUT2D eigenvalue weighted by molar-refractivity contribution is 5.78. The maximum Gasteiger partial charge on any atom is 0.260 e. The van der Waals surface area contributed by atoms with Crippen molar-refractivity contribution in [2.45, 2.75) is 50.7 Å². The Bertz CT molecular complexity index is 1000. The molecule has 1 fully saturated rings. The van der Waals surface area contributed by atoms with E-state index in [1.54, 1.807) is 18.0 Å². The molecule has 2 aromatic carbocycles. The average molecular weight is 481 g/mol. The minimum Gasteiger partial charge on any atom is -0.483 e. The van der Waals surface area contributed by atoms with Crippen molar-refractivity contribution in [2.24, 2.45) is 5.41 Å². The molecule has 0 saturated carbocycles. The van der Waals surface area contributed by atoms with E-state index in [2.05, 4.69) is 0 Å². The molecule has 35 heavy (non-hydrogen) atoms. The summed E-state index contributed by atoms with van der Waals surface area (Å²) >= 11 is 0. The zero-order valence-corrected chi connectivity index (χ0v) is 20.4. The van der Waals surface area contributed by atoms with Gasteiger partial charge in [-0.3, -0.25) is 9.59 Å². The summed E-state index contributed by atoms with van der Waals surface area (Å²) in [5, 5.41) is 21.8. The van der Waals surface area contributed by atoms with Crippen molar-refractivity contribution in [1.29, 1.82) is 0 Å². The van der Waals surface area contributed by atoms with Gasteiger partial charge in [0.2, 0.25) is 5.91 Å². The number of carbonyl (C=O) groups is 2. The lowest BCUT2D eigenvalue weighted by Crippen LogP contribution is -2.51. The van der Waals surface area contributed by atoms with E-state index in [-0.39, 0.29) is 30.3 Å². The maximum absolute atomic E-state index is 12.9. The topological polar surface area (TPSA) is 90.3 Å². The third-order valence-corrected chi connectivity index (χ3v) is 7.48. The van der Waals surface area contributed by atoms with Crippen LogP contribution in [0.25, 0.3) is 0 Å². The number of likely N-dealkylation sites (tertiary alicyclic amines) is 1. The smallest absolute Gasteiger partial charge is 0.260 e. The number of carbonyl (C=O) groups excluding carboxylic acids is 2. The first-order chi connectivity index (χ1) is 16.8. The standard InChI is InChI=1S/C28H36N2O5/c1-29-20-28(13-15-30(16-14-28)26(33)12-11-21-7-3-2-4-8-21)18-24(32)23(31)17-22-9-5-6-10-25(22)35-19-27(29)34/h2-10,23-24,31-32H,11-20H2,1H3/t23-,24+/m0/s1. The highest BCUT2D eigenvalue weighted by Gasteiger charge is 2.40. The van der Waals surface area contributed by atoms with Crippen LogP contribution in [0.15, 0.2) is 54.6 Å². The molecule has 1 saturated heterocycles. The van der Waals surface area contributed by atoms with Crippen molar-refractivity contribution in [2.75, 3.05) is 33.3 Å². The Kier molecular flexibility index (Phi) is 8.08. The molecule has 2 amide bonds. The van der Waals surface area contributed by atoms with Crippen molar-refractivity contribution in [3.05, 3.63) is 65.7 Å². The predicted octanol–water partition coefficient (Wildman–Crippen LogP) is 2.43. The van der Waals surface area contributed by atoms with E-state index >= 15 is 0 Å². The van der Waals surface area contributed by atoms with Gasteiger partial charge in [0.1, 0.15) is 5.75 Å². The van der Waals surface area contributed by atoms with E-state index in [4.69, 9.17) is 4.74 Å². The first-order valence-electron chi connectivity index (χ1n) is 12.5. The Morgan fingerprint density at radius 2 is 1.71 bits per heavy atom. The van der Waals surface area contributed by atoms with Gasteiger partial charge in [-0.2, -0.15) is 0 Å². The maximum atomic E-state index is 12.9. The molecule has 0 bridgehead atoms. The minimum absolute atomic E-state index is 0.0770. The molecule has 7 heteroatoms. The quantitative estimate of drug-likeness (QED) is 0.704. The van der Waals surface area contributed by atoms with E-state index in [0.29, 0.717) is 57.5 Å². The normalized spacial score (nSPS) is 23.1. The van der Waals surface area contributed by atoms with E-state index in [0.717, 1.165) is 11.1 Å². The molecule has 2 aliphatic heterocycles. The summed E-state index contributed by atoms with van der Waals surface area (Å²) in [6.45, 7) is 1.54. The van der Waals surface area contributed by atoms with Crippen molar-refractivity contribution < 1.29 is 24.5 Å². The molecule has 2 aromatic rings. The van der Waals surface area contributed by atoms with E-state index in [9.17, 15) is 19.8 Å². The molecule has 0 unspecified atom stereocenters. The molecular weight excluding hydrogens is 444 g/mol. The summed E-state index contributed by atoms with van der Waals surface area (Å²) in [7, 11) is 1.76. The Morgan fingerprint density at radius 1 is 1.03 bits per heavy atom. The Labute approximate surface area is 207 Å². The van der Waals surface area contributed by atoms with Crippen LogP contribution in [0.3, 0.4) is 0 Å². The van der Waals surface area contributed by atoms with Crippen LogP contribution in [0.5, 0.6) is 5.75 Å². The van der Waals surface area contributed by atoms with Crippen LogP contribution in [-0.4, -0.2) is 77.3 Å². The Morgan fingerprint density at radius 3 is 2.46 bits per heavy atom. The summed E-state index contributed by atoms with van der Waals surface area (Å²) in [5.41, 5.74) is 1.54. The number of aryl methyl sites for hydroxylation is 1. The van der Waals surface area contributed by atoms with Gasteiger partial charge >= 0.3 is 0 Å². The van der Waals surface area contributed by atoms with Crippen LogP contribution in [0.2, 0.25) is 0 Å². The molecule has 2 atom stereocenters. The van der Waals surface area contributed by atoms with Crippen LogP contribution in [-0.2, 0) is 22.4 Å². The number of rotatable bonds is 3. The molecule has 2 heterocycles. The van der Waals surface area contributed by atoms with E-state index < -0.39 is 12.2 Å². The Hall–Kier alpha value is -2.90. The van der Waals surface area contributed by atoms with Crippen molar-refractivity contribution in [1.82, 2.24) is 9.80 Å². The lowest BCUT2D eigenvalue weighted by molar-refractivity contribution is -0.139. The zero-order valence-electron chi connectivity index (χ0n) is 20.4. The van der Waals surface area contributed by atoms with Crippen LogP contribution in [0.4, 0.5) is 0 Å². The molecule has 0 aromatic heterocycles. The second-order valence-corrected chi connectivity index (χ2v) is 10.1. The molecule has 7 nitrogen and oxygen atoms in total. The van der Waals surface area contributed by atoms with Crippen molar-refractivity contribution in [3.8, 4) is 5.75 Å². The van der Waals surface area contributed by atoms with Gasteiger partial charge in [-0.1, -0.05) is 48.5 Å². The number of hydrogen-bond donors (Lipinski definition) is 2. The second kappa shape index (κ2) is 11.2. The number of fused-ring (bicyclic) bond motifs is 1. The van der Waals surface area contributed by atoms with Gasteiger partial charge in [-0.15, -0.1) is 0 Å². The van der Waals surface area contributed by atoms with Gasteiger partial charge in [0.05, 0.1) is 12.2 Å². The number of nitrogens with zero attached hydrogens (tertiary/aromatic N) is 2. The highest BCUT2D eigenvalue weighted by atomic mass is 16.5. The predicted molar refractivity (Wildman–Crippen MR) is 133 cm³/mol. The summed E-state index contributed by atoms with van der Waals surface area (Å²) in [4.78, 5) is 29.2. The molecule has 2 N–H and O–H groups in total. The fourth-order valence-corrected chi connectivity index (χ4v) is 5.31. The van der Waals surface area contributed by atoms with Gasteiger partial charge in [0, 0.05) is 39.5 Å². The number of likely N-dealkylation sites (N-methyl/N-ethyl adjacent to an activating group) is 1. The molecular formula is C28H36N2O5. The summed E-state index contributed by atoms with van der Waals surface area (Å²) < 4.78 is 5.78. The largest absolute Gasteiger partial charge is 0.483 e. The summed E-state index contributed by atoms with van der Waals surface area (Å²) in [6, 6.07) is 17.3. The summed E-state index contributed by atoms with van der Waals surface area (Å²) in [6.07, 6.45) is 1.26. The SMILES string of the molecule is CN1CC2(CCN(C(=O)CCc3ccccc3)CC2)C[C@@H](O)[C@@H](O)Cc2ccccc2OCC1=O. The van der Waals surface area contributed by atoms with Gasteiger partial charge < -0.3 is 24.7 Å². The fourth-order valence-electron chi connectivity index (χ4n) is 5.31. The summed E-state index contributed by atoms with van der Waals surface area (Å²) in [5.74, 6) is 0.557. The van der Waals surface area contributed by atoms with Gasteiger partial charge in [-0.05, 0) is 48.3 Å². The average Bonchev–Trinajstić information content (AvgIpc) is 2.87. The Balaban J connectivity index is 1.43. The van der Waals surface area contributed by atoms with Crippen LogP contribution in [0.1, 0.15) is 36.8 Å². The number of hydrogen-bond acceptors (Lipinski definition) is 5. The lowest BCUT2D eigenvalue weighted by Gasteiger charge is -2.45. The number of piperidine rings is 1. The minimum atomic E-state index is -0.942. The van der Waals surface area contributed by atoms with Crippen LogP contribution >= 0.6 is 0 Å². The fraction of sp³-hybridized carbons (Fsp3) is 0.500. The molecule has 1 spiro atoms. The third kappa shape index (κ3) is 6.41.